The molecule has 2 heterocycles. The summed E-state index contributed by atoms with van der Waals surface area (Å²) in [6.07, 6.45) is 1.82. The third kappa shape index (κ3) is 3.02. The van der Waals surface area contributed by atoms with Crippen LogP contribution in [0.2, 0.25) is 5.02 Å². The Kier molecular flexibility index (Phi) is 4.22. The van der Waals surface area contributed by atoms with Gasteiger partial charge in [0, 0.05) is 18.0 Å². The van der Waals surface area contributed by atoms with E-state index in [4.69, 9.17) is 11.6 Å². The molecule has 0 spiro atoms. The maximum Gasteiger partial charge on any atom is 0.245 e. The summed E-state index contributed by atoms with van der Waals surface area (Å²) in [5, 5.41) is 3.48. The van der Waals surface area contributed by atoms with Gasteiger partial charge in [0.25, 0.3) is 0 Å². The lowest BCUT2D eigenvalue weighted by Crippen LogP contribution is -2.48. The van der Waals surface area contributed by atoms with Gasteiger partial charge in [0.1, 0.15) is 6.04 Å². The highest BCUT2D eigenvalue weighted by Crippen LogP contribution is 2.36. The zero-order chi connectivity index (χ0) is 17.4. The molecule has 0 saturated carbocycles. The predicted octanol–water partition coefficient (Wildman–Crippen LogP) is 3.09. The van der Waals surface area contributed by atoms with Gasteiger partial charge in [0.15, 0.2) is 0 Å². The van der Waals surface area contributed by atoms with Crippen LogP contribution in [0.1, 0.15) is 35.6 Å². The minimum Gasteiger partial charge on any atom is -0.344 e. The van der Waals surface area contributed by atoms with E-state index in [2.05, 4.69) is 17.4 Å². The first-order valence-corrected chi connectivity index (χ1v) is 8.94. The quantitative estimate of drug-likeness (QED) is 0.901. The highest BCUT2D eigenvalue weighted by Gasteiger charge is 2.37. The molecule has 0 radical (unpaired) electrons. The van der Waals surface area contributed by atoms with Crippen LogP contribution in [0.25, 0.3) is 0 Å². The number of rotatable bonds is 2. The number of hydrogen-bond donors (Lipinski definition) is 1. The molecule has 2 amide bonds. The van der Waals surface area contributed by atoms with Gasteiger partial charge in [-0.1, -0.05) is 48.0 Å². The predicted molar refractivity (Wildman–Crippen MR) is 96.3 cm³/mol. The molecule has 1 saturated heterocycles. The van der Waals surface area contributed by atoms with E-state index in [1.807, 2.05) is 41.3 Å². The molecular formula is C20H19ClN2O2. The number of nitrogens with zero attached hydrogens (tertiary/aromatic N) is 1. The topological polar surface area (TPSA) is 49.4 Å². The first kappa shape index (κ1) is 16.2. The van der Waals surface area contributed by atoms with Crippen LogP contribution < -0.4 is 5.32 Å². The van der Waals surface area contributed by atoms with Crippen molar-refractivity contribution in [3.05, 3.63) is 70.2 Å². The van der Waals surface area contributed by atoms with Crippen molar-refractivity contribution in [1.82, 2.24) is 10.2 Å². The summed E-state index contributed by atoms with van der Waals surface area (Å²) in [5.41, 5.74) is 3.45. The zero-order valence-electron chi connectivity index (χ0n) is 13.7. The fraction of sp³-hybridized carbons (Fsp3) is 0.300. The zero-order valence-corrected chi connectivity index (χ0v) is 14.5. The van der Waals surface area contributed by atoms with Crippen LogP contribution in [0, 0.1) is 0 Å². The Hall–Kier alpha value is -2.33. The van der Waals surface area contributed by atoms with Gasteiger partial charge in [0.05, 0.1) is 6.04 Å². The van der Waals surface area contributed by atoms with Gasteiger partial charge in [-0.15, -0.1) is 0 Å². The van der Waals surface area contributed by atoms with Crippen LogP contribution in [-0.4, -0.2) is 29.3 Å². The Morgan fingerprint density at radius 3 is 2.56 bits per heavy atom. The van der Waals surface area contributed by atoms with Crippen LogP contribution in [0.5, 0.6) is 0 Å². The molecular weight excluding hydrogens is 336 g/mol. The molecule has 4 nitrogen and oxygen atoms in total. The third-order valence-corrected chi connectivity index (χ3v) is 5.30. The number of carbonyl (C=O) groups excluding carboxylic acids is 2. The lowest BCUT2D eigenvalue weighted by atomic mass is 9.87. The Balaban J connectivity index is 1.73. The van der Waals surface area contributed by atoms with Crippen LogP contribution in [0.15, 0.2) is 48.5 Å². The molecule has 2 aliphatic heterocycles. The van der Waals surface area contributed by atoms with Crippen LogP contribution >= 0.6 is 11.6 Å². The van der Waals surface area contributed by atoms with Crippen molar-refractivity contribution >= 4 is 23.4 Å². The monoisotopic (exact) mass is 354 g/mol. The summed E-state index contributed by atoms with van der Waals surface area (Å²) in [5.74, 6) is -0.0425. The van der Waals surface area contributed by atoms with E-state index in [0.29, 0.717) is 24.4 Å². The summed E-state index contributed by atoms with van der Waals surface area (Å²) in [7, 11) is 0. The second-order valence-electron chi connectivity index (χ2n) is 6.59. The lowest BCUT2D eigenvalue weighted by molar-refractivity contribution is -0.136. The van der Waals surface area contributed by atoms with Crippen molar-refractivity contribution in [2.75, 3.05) is 6.54 Å². The van der Waals surface area contributed by atoms with Crippen LogP contribution in [-0.2, 0) is 16.0 Å². The minimum absolute atomic E-state index is 0.000281. The second-order valence-corrected chi connectivity index (χ2v) is 7.03. The van der Waals surface area contributed by atoms with E-state index in [-0.39, 0.29) is 17.9 Å². The van der Waals surface area contributed by atoms with Gasteiger partial charge in [-0.25, -0.2) is 0 Å². The van der Waals surface area contributed by atoms with Crippen molar-refractivity contribution in [3.8, 4) is 0 Å². The van der Waals surface area contributed by atoms with Crippen molar-refractivity contribution in [1.29, 1.82) is 0 Å². The van der Waals surface area contributed by atoms with E-state index in [1.54, 1.807) is 0 Å². The van der Waals surface area contributed by atoms with Crippen molar-refractivity contribution < 1.29 is 9.59 Å². The average molecular weight is 355 g/mol. The second kappa shape index (κ2) is 6.52. The molecule has 2 unspecified atom stereocenters. The summed E-state index contributed by atoms with van der Waals surface area (Å²) >= 11 is 6.04. The van der Waals surface area contributed by atoms with Gasteiger partial charge in [-0.05, 0) is 41.7 Å². The molecule has 25 heavy (non-hydrogen) atoms. The van der Waals surface area contributed by atoms with Crippen molar-refractivity contribution in [2.24, 2.45) is 0 Å². The van der Waals surface area contributed by atoms with Gasteiger partial charge >= 0.3 is 0 Å². The molecule has 2 aliphatic rings. The summed E-state index contributed by atoms with van der Waals surface area (Å²) < 4.78 is 0. The molecule has 1 N–H and O–H groups in total. The molecule has 128 valence electrons. The molecule has 4 rings (SSSR count). The number of halogens is 1. The normalized spacial score (nSPS) is 22.4. The van der Waals surface area contributed by atoms with Gasteiger partial charge in [0.2, 0.25) is 11.8 Å². The van der Waals surface area contributed by atoms with E-state index in [9.17, 15) is 9.59 Å². The molecule has 1 fully saturated rings. The molecule has 2 aromatic carbocycles. The smallest absolute Gasteiger partial charge is 0.245 e. The number of hydrogen-bond acceptors (Lipinski definition) is 2. The third-order valence-electron chi connectivity index (χ3n) is 5.05. The van der Waals surface area contributed by atoms with E-state index in [1.165, 1.54) is 5.56 Å². The van der Waals surface area contributed by atoms with E-state index >= 15 is 0 Å². The van der Waals surface area contributed by atoms with Crippen LogP contribution in [0.4, 0.5) is 0 Å². The summed E-state index contributed by atoms with van der Waals surface area (Å²) in [6.45, 7) is 0.648. The number of carbonyl (C=O) groups is 2. The average Bonchev–Trinajstić information content (AvgIpc) is 3.07. The van der Waals surface area contributed by atoms with Gasteiger partial charge < -0.3 is 10.2 Å². The molecule has 2 aromatic rings. The highest BCUT2D eigenvalue weighted by atomic mass is 35.5. The Morgan fingerprint density at radius 2 is 1.84 bits per heavy atom. The first-order valence-electron chi connectivity index (χ1n) is 8.56. The molecule has 0 aromatic heterocycles. The van der Waals surface area contributed by atoms with E-state index < -0.39 is 6.04 Å². The number of fused-ring (bicyclic) bond motifs is 1. The minimum atomic E-state index is -0.410. The highest BCUT2D eigenvalue weighted by molar-refractivity contribution is 6.30. The van der Waals surface area contributed by atoms with E-state index in [0.717, 1.165) is 17.5 Å². The maximum atomic E-state index is 13.1. The molecule has 0 bridgehead atoms. The fourth-order valence-corrected chi connectivity index (χ4v) is 3.93. The number of amides is 2. The fourth-order valence-electron chi connectivity index (χ4n) is 3.81. The summed E-state index contributed by atoms with van der Waals surface area (Å²) in [4.78, 5) is 26.5. The SMILES string of the molecule is O=C1CCC(C(=O)N2CCc3ccccc3C2c2ccc(Cl)cc2)N1. The van der Waals surface area contributed by atoms with Gasteiger partial charge in [-0.3, -0.25) is 9.59 Å². The maximum absolute atomic E-state index is 13.1. The Morgan fingerprint density at radius 1 is 1.08 bits per heavy atom. The molecule has 2 atom stereocenters. The molecule has 5 heteroatoms. The largest absolute Gasteiger partial charge is 0.344 e. The Labute approximate surface area is 151 Å². The van der Waals surface area contributed by atoms with Crippen molar-refractivity contribution in [2.45, 2.75) is 31.3 Å². The van der Waals surface area contributed by atoms with Gasteiger partial charge in [-0.2, -0.15) is 0 Å². The van der Waals surface area contributed by atoms with Crippen LogP contribution in [0.3, 0.4) is 0 Å². The lowest BCUT2D eigenvalue weighted by Gasteiger charge is -2.39. The first-order chi connectivity index (χ1) is 12.1. The molecule has 0 aliphatic carbocycles. The summed E-state index contributed by atoms with van der Waals surface area (Å²) in [6, 6.07) is 15.4. The standard InChI is InChI=1S/C20H19ClN2O2/c21-15-7-5-14(6-8-15)19-16-4-2-1-3-13(16)11-12-23(19)20(25)17-9-10-18(24)22-17/h1-8,17,19H,9-12H2,(H,22,24). The van der Waals surface area contributed by atoms with Crippen molar-refractivity contribution in [3.63, 3.8) is 0 Å². The Bertz CT molecular complexity index is 819. The number of nitrogens with one attached hydrogen (secondary N) is 1. The number of benzene rings is 2.